The number of hydrogen-bond acceptors (Lipinski definition) is 3. The Morgan fingerprint density at radius 1 is 1.14 bits per heavy atom. The van der Waals surface area contributed by atoms with Crippen LogP contribution >= 0.6 is 11.3 Å². The van der Waals surface area contributed by atoms with Crippen molar-refractivity contribution in [2.75, 3.05) is 0 Å². The van der Waals surface area contributed by atoms with E-state index in [1.54, 1.807) is 23.5 Å². The zero-order valence-electron chi connectivity index (χ0n) is 11.6. The zero-order valence-corrected chi connectivity index (χ0v) is 12.4. The number of thiophene rings is 1. The second kappa shape index (κ2) is 5.58. The lowest BCUT2D eigenvalue weighted by Crippen LogP contribution is -2.22. The highest BCUT2D eigenvalue weighted by Gasteiger charge is 2.12. The van der Waals surface area contributed by atoms with E-state index in [1.807, 2.05) is 43.3 Å². The highest BCUT2D eigenvalue weighted by molar-refractivity contribution is 7.11. The van der Waals surface area contributed by atoms with E-state index in [0.29, 0.717) is 12.1 Å². The first-order valence-corrected chi connectivity index (χ1v) is 7.50. The van der Waals surface area contributed by atoms with E-state index in [0.717, 1.165) is 15.6 Å². The largest absolute Gasteiger partial charge is 0.507 e. The fourth-order valence-electron chi connectivity index (χ4n) is 2.25. The van der Waals surface area contributed by atoms with Gasteiger partial charge in [-0.05, 0) is 42.0 Å². The minimum atomic E-state index is -0.260. The van der Waals surface area contributed by atoms with E-state index in [4.69, 9.17) is 0 Å². The van der Waals surface area contributed by atoms with Gasteiger partial charge in [0.15, 0.2) is 0 Å². The number of carbonyl (C=O) groups excluding carboxylic acids is 1. The highest BCUT2D eigenvalue weighted by atomic mass is 32.1. The molecule has 0 spiro atoms. The van der Waals surface area contributed by atoms with E-state index in [2.05, 4.69) is 5.32 Å². The molecule has 0 atom stereocenters. The van der Waals surface area contributed by atoms with Gasteiger partial charge in [-0.3, -0.25) is 4.79 Å². The van der Waals surface area contributed by atoms with Gasteiger partial charge in [-0.2, -0.15) is 0 Å². The molecule has 0 radical (unpaired) electrons. The van der Waals surface area contributed by atoms with Gasteiger partial charge in [0, 0.05) is 9.75 Å². The Hall–Kier alpha value is -2.33. The minimum Gasteiger partial charge on any atom is -0.507 e. The minimum absolute atomic E-state index is 0.00793. The molecule has 0 aliphatic heterocycles. The first-order chi connectivity index (χ1) is 10.1. The molecule has 3 aromatic rings. The average Bonchev–Trinajstić information content (AvgIpc) is 2.89. The summed E-state index contributed by atoms with van der Waals surface area (Å²) < 4.78 is 0. The molecule has 3 rings (SSSR count). The van der Waals surface area contributed by atoms with Gasteiger partial charge < -0.3 is 10.4 Å². The van der Waals surface area contributed by atoms with Gasteiger partial charge in [0.2, 0.25) is 0 Å². The summed E-state index contributed by atoms with van der Waals surface area (Å²) >= 11 is 1.65. The molecule has 0 saturated carbocycles. The molecule has 0 aliphatic carbocycles. The van der Waals surface area contributed by atoms with E-state index in [9.17, 15) is 9.90 Å². The number of rotatable bonds is 3. The van der Waals surface area contributed by atoms with E-state index < -0.39 is 0 Å². The Morgan fingerprint density at radius 3 is 2.52 bits per heavy atom. The maximum Gasteiger partial charge on any atom is 0.255 e. The van der Waals surface area contributed by atoms with Crippen LogP contribution in [0.2, 0.25) is 0 Å². The van der Waals surface area contributed by atoms with E-state index in [1.165, 1.54) is 4.88 Å². The maximum atomic E-state index is 12.2. The number of benzene rings is 2. The van der Waals surface area contributed by atoms with Crippen LogP contribution in [0.15, 0.2) is 48.5 Å². The molecule has 106 valence electrons. The molecule has 1 aromatic heterocycles. The van der Waals surface area contributed by atoms with Crippen molar-refractivity contribution < 1.29 is 9.90 Å². The number of carbonyl (C=O) groups is 1. The molecular weight excluding hydrogens is 282 g/mol. The molecule has 0 bridgehead atoms. The lowest BCUT2D eigenvalue weighted by Gasteiger charge is -2.07. The third-order valence-corrected chi connectivity index (χ3v) is 4.33. The Bertz CT molecular complexity index is 807. The van der Waals surface area contributed by atoms with Crippen LogP contribution in [0, 0.1) is 6.92 Å². The summed E-state index contributed by atoms with van der Waals surface area (Å²) in [6.45, 7) is 2.51. The molecule has 2 aromatic carbocycles. The summed E-state index contributed by atoms with van der Waals surface area (Å²) in [5, 5.41) is 14.7. The molecule has 1 amide bonds. The fraction of sp³-hybridized carbons (Fsp3) is 0.118. The van der Waals surface area contributed by atoms with Crippen LogP contribution in [0.25, 0.3) is 10.8 Å². The predicted molar refractivity (Wildman–Crippen MR) is 85.8 cm³/mol. The number of hydrogen-bond donors (Lipinski definition) is 2. The average molecular weight is 297 g/mol. The zero-order chi connectivity index (χ0) is 14.8. The van der Waals surface area contributed by atoms with Gasteiger partial charge in [0.1, 0.15) is 5.75 Å². The van der Waals surface area contributed by atoms with Gasteiger partial charge in [0.25, 0.3) is 5.91 Å². The molecule has 2 N–H and O–H groups in total. The fourth-order valence-corrected chi connectivity index (χ4v) is 3.08. The molecule has 4 heteroatoms. The van der Waals surface area contributed by atoms with Crippen molar-refractivity contribution >= 4 is 28.0 Å². The Kier molecular flexibility index (Phi) is 3.62. The van der Waals surface area contributed by atoms with Gasteiger partial charge in [-0.1, -0.05) is 24.3 Å². The second-order valence-electron chi connectivity index (χ2n) is 4.91. The second-order valence-corrected chi connectivity index (χ2v) is 6.28. The summed E-state index contributed by atoms with van der Waals surface area (Å²) in [6.07, 6.45) is 0. The number of aryl methyl sites for hydroxylation is 1. The van der Waals surface area contributed by atoms with E-state index in [-0.39, 0.29) is 11.7 Å². The number of phenols is 1. The summed E-state index contributed by atoms with van der Waals surface area (Å²) in [4.78, 5) is 14.5. The highest BCUT2D eigenvalue weighted by Crippen LogP contribution is 2.25. The van der Waals surface area contributed by atoms with Crippen LogP contribution in [0.1, 0.15) is 20.1 Å². The molecular formula is C17H15NO2S. The molecule has 0 saturated heterocycles. The summed E-state index contributed by atoms with van der Waals surface area (Å²) in [5.41, 5.74) is 0.307. The molecule has 3 nitrogen and oxygen atoms in total. The number of fused-ring (bicyclic) bond motifs is 1. The number of phenolic OH excluding ortho intramolecular Hbond substituents is 1. The van der Waals surface area contributed by atoms with Gasteiger partial charge >= 0.3 is 0 Å². The van der Waals surface area contributed by atoms with Crippen LogP contribution in [-0.2, 0) is 6.54 Å². The van der Waals surface area contributed by atoms with Crippen molar-refractivity contribution in [3.8, 4) is 5.75 Å². The summed E-state index contributed by atoms with van der Waals surface area (Å²) in [7, 11) is 0. The van der Waals surface area contributed by atoms with Crippen LogP contribution in [0.4, 0.5) is 0 Å². The Labute approximate surface area is 126 Å². The Balaban J connectivity index is 1.82. The molecule has 0 fully saturated rings. The molecule has 21 heavy (non-hydrogen) atoms. The van der Waals surface area contributed by atoms with Crippen LogP contribution in [-0.4, -0.2) is 11.0 Å². The van der Waals surface area contributed by atoms with Crippen LogP contribution in [0.5, 0.6) is 5.75 Å². The quantitative estimate of drug-likeness (QED) is 0.771. The van der Waals surface area contributed by atoms with Crippen molar-refractivity contribution in [3.05, 3.63) is 63.8 Å². The molecule has 0 unspecified atom stereocenters. The third-order valence-electron chi connectivity index (χ3n) is 3.33. The van der Waals surface area contributed by atoms with Crippen molar-refractivity contribution in [3.63, 3.8) is 0 Å². The standard InChI is InChI=1S/C17H15NO2S/c1-11-6-7-14(21-11)10-18-17(20)15-8-12-4-2-3-5-13(12)9-16(15)19/h2-9,19H,10H2,1H3,(H,18,20). The lowest BCUT2D eigenvalue weighted by molar-refractivity contribution is 0.0949. The summed E-state index contributed by atoms with van der Waals surface area (Å²) in [5.74, 6) is -0.252. The van der Waals surface area contributed by atoms with Gasteiger partial charge in [0.05, 0.1) is 12.1 Å². The van der Waals surface area contributed by atoms with Crippen LogP contribution < -0.4 is 5.32 Å². The maximum absolute atomic E-state index is 12.2. The predicted octanol–water partition coefficient (Wildman–Crippen LogP) is 3.85. The first-order valence-electron chi connectivity index (χ1n) is 6.69. The smallest absolute Gasteiger partial charge is 0.255 e. The van der Waals surface area contributed by atoms with E-state index >= 15 is 0 Å². The van der Waals surface area contributed by atoms with Crippen molar-refractivity contribution in [1.29, 1.82) is 0 Å². The number of nitrogens with one attached hydrogen (secondary N) is 1. The first kappa shape index (κ1) is 13.6. The number of aromatic hydroxyl groups is 1. The normalized spacial score (nSPS) is 10.7. The van der Waals surface area contributed by atoms with Gasteiger partial charge in [-0.25, -0.2) is 0 Å². The van der Waals surface area contributed by atoms with Gasteiger partial charge in [-0.15, -0.1) is 11.3 Å². The molecule has 1 heterocycles. The Morgan fingerprint density at radius 2 is 1.86 bits per heavy atom. The van der Waals surface area contributed by atoms with Crippen LogP contribution in [0.3, 0.4) is 0 Å². The monoisotopic (exact) mass is 297 g/mol. The van der Waals surface area contributed by atoms with Crippen molar-refractivity contribution in [1.82, 2.24) is 5.32 Å². The third kappa shape index (κ3) is 2.90. The van der Waals surface area contributed by atoms with Crippen molar-refractivity contribution in [2.45, 2.75) is 13.5 Å². The SMILES string of the molecule is Cc1ccc(CNC(=O)c2cc3ccccc3cc2O)s1. The number of amides is 1. The van der Waals surface area contributed by atoms with Crippen molar-refractivity contribution in [2.24, 2.45) is 0 Å². The lowest BCUT2D eigenvalue weighted by atomic mass is 10.1. The topological polar surface area (TPSA) is 49.3 Å². The summed E-state index contributed by atoms with van der Waals surface area (Å²) in [6, 6.07) is 15.0. The molecule has 0 aliphatic rings.